The zero-order valence-corrected chi connectivity index (χ0v) is 14.0. The lowest BCUT2D eigenvalue weighted by molar-refractivity contribution is 0.425. The number of anilines is 1. The van der Waals surface area contributed by atoms with Gasteiger partial charge in [0.15, 0.2) is 0 Å². The molecule has 0 saturated heterocycles. The summed E-state index contributed by atoms with van der Waals surface area (Å²) >= 11 is 0. The standard InChI is InChI=1S/C20H21N3O/c1-23(2)10-9-21-20-17-11-13-5-3-4-6-15(13)19(17)16-8-7-14(24)12-18(16)22-20/h3-8,12,24H,9-11H2,1-2H3,(H,21,22). The SMILES string of the molecule is CN(C)CCNc1nc2cc(O)ccc2c2c1Cc1ccccc1-2. The molecule has 24 heavy (non-hydrogen) atoms. The highest BCUT2D eigenvalue weighted by atomic mass is 16.3. The van der Waals surface area contributed by atoms with Gasteiger partial charge in [-0.1, -0.05) is 24.3 Å². The van der Waals surface area contributed by atoms with E-state index in [1.54, 1.807) is 12.1 Å². The molecule has 1 aliphatic rings. The van der Waals surface area contributed by atoms with E-state index in [-0.39, 0.29) is 5.75 Å². The highest BCUT2D eigenvalue weighted by Gasteiger charge is 2.24. The van der Waals surface area contributed by atoms with E-state index in [4.69, 9.17) is 4.98 Å². The minimum Gasteiger partial charge on any atom is -0.508 e. The van der Waals surface area contributed by atoms with E-state index in [0.29, 0.717) is 0 Å². The number of nitrogens with zero attached hydrogens (tertiary/aromatic N) is 2. The Hall–Kier alpha value is -2.59. The van der Waals surface area contributed by atoms with Gasteiger partial charge in [-0.15, -0.1) is 0 Å². The lowest BCUT2D eigenvalue weighted by atomic mass is 10.0. The smallest absolute Gasteiger partial charge is 0.130 e. The van der Waals surface area contributed by atoms with Crippen molar-refractivity contribution < 1.29 is 5.11 Å². The molecule has 0 aliphatic heterocycles. The Kier molecular flexibility index (Phi) is 3.62. The van der Waals surface area contributed by atoms with Crippen LogP contribution in [0.4, 0.5) is 5.82 Å². The first-order chi connectivity index (χ1) is 11.6. The maximum Gasteiger partial charge on any atom is 0.130 e. The third kappa shape index (κ3) is 2.49. The van der Waals surface area contributed by atoms with Gasteiger partial charge in [-0.3, -0.25) is 0 Å². The van der Waals surface area contributed by atoms with Gasteiger partial charge in [-0.2, -0.15) is 0 Å². The van der Waals surface area contributed by atoms with E-state index in [1.807, 2.05) is 6.07 Å². The fraction of sp³-hybridized carbons (Fsp3) is 0.250. The number of likely N-dealkylation sites (N-methyl/N-ethyl adjacent to an activating group) is 1. The predicted octanol–water partition coefficient (Wildman–Crippen LogP) is 3.49. The summed E-state index contributed by atoms with van der Waals surface area (Å²) in [5.74, 6) is 1.18. The largest absolute Gasteiger partial charge is 0.508 e. The summed E-state index contributed by atoms with van der Waals surface area (Å²) in [6.07, 6.45) is 0.902. The number of fused-ring (bicyclic) bond motifs is 5. The molecule has 0 bridgehead atoms. The highest BCUT2D eigenvalue weighted by Crippen LogP contribution is 2.44. The van der Waals surface area contributed by atoms with Crippen molar-refractivity contribution in [2.75, 3.05) is 32.5 Å². The van der Waals surface area contributed by atoms with Gasteiger partial charge in [0, 0.05) is 36.5 Å². The summed E-state index contributed by atoms with van der Waals surface area (Å²) in [5, 5.41) is 14.4. The van der Waals surface area contributed by atoms with Crippen LogP contribution < -0.4 is 5.32 Å². The van der Waals surface area contributed by atoms with Crippen LogP contribution in [0.3, 0.4) is 0 Å². The van der Waals surface area contributed by atoms with E-state index >= 15 is 0 Å². The van der Waals surface area contributed by atoms with Crippen LogP contribution in [0.1, 0.15) is 11.1 Å². The summed E-state index contributed by atoms with van der Waals surface area (Å²) in [5.41, 5.74) is 5.96. The fourth-order valence-electron chi connectivity index (χ4n) is 3.43. The second-order valence-corrected chi connectivity index (χ2v) is 6.58. The molecular weight excluding hydrogens is 298 g/mol. The number of aromatic hydroxyl groups is 1. The van der Waals surface area contributed by atoms with Crippen LogP contribution in [-0.4, -0.2) is 42.2 Å². The van der Waals surface area contributed by atoms with Crippen LogP contribution in [0, 0.1) is 0 Å². The second-order valence-electron chi connectivity index (χ2n) is 6.58. The fourth-order valence-corrected chi connectivity index (χ4v) is 3.43. The third-order valence-electron chi connectivity index (χ3n) is 4.58. The number of aromatic nitrogens is 1. The molecule has 122 valence electrons. The first-order valence-corrected chi connectivity index (χ1v) is 8.26. The van der Waals surface area contributed by atoms with Crippen molar-refractivity contribution >= 4 is 16.7 Å². The van der Waals surface area contributed by atoms with Gasteiger partial charge >= 0.3 is 0 Å². The monoisotopic (exact) mass is 319 g/mol. The minimum atomic E-state index is 0.250. The molecule has 0 saturated carbocycles. The van der Waals surface area contributed by atoms with Crippen LogP contribution >= 0.6 is 0 Å². The summed E-state index contributed by atoms with van der Waals surface area (Å²) in [4.78, 5) is 6.95. The van der Waals surface area contributed by atoms with Crippen molar-refractivity contribution in [3.63, 3.8) is 0 Å². The molecular formula is C20H21N3O. The number of nitrogens with one attached hydrogen (secondary N) is 1. The number of rotatable bonds is 4. The lowest BCUT2D eigenvalue weighted by Crippen LogP contribution is -2.21. The number of hydrogen-bond donors (Lipinski definition) is 2. The molecule has 0 radical (unpaired) electrons. The quantitative estimate of drug-likeness (QED) is 0.604. The first-order valence-electron chi connectivity index (χ1n) is 8.26. The van der Waals surface area contributed by atoms with Crippen LogP contribution in [0.25, 0.3) is 22.0 Å². The maximum absolute atomic E-state index is 9.85. The number of phenolic OH excluding ortho intramolecular Hbond substituents is 1. The zero-order chi connectivity index (χ0) is 16.7. The van der Waals surface area contributed by atoms with E-state index in [1.165, 1.54) is 22.3 Å². The lowest BCUT2D eigenvalue weighted by Gasteiger charge is -2.15. The molecule has 1 aliphatic carbocycles. The third-order valence-corrected chi connectivity index (χ3v) is 4.58. The summed E-state index contributed by atoms with van der Waals surface area (Å²) in [7, 11) is 4.13. The van der Waals surface area contributed by atoms with Crippen LogP contribution in [0.5, 0.6) is 5.75 Å². The first kappa shape index (κ1) is 15.0. The minimum absolute atomic E-state index is 0.250. The van der Waals surface area contributed by atoms with E-state index in [0.717, 1.165) is 36.2 Å². The van der Waals surface area contributed by atoms with E-state index < -0.39 is 0 Å². The maximum atomic E-state index is 9.85. The normalized spacial score (nSPS) is 12.5. The Balaban J connectivity index is 1.88. The van der Waals surface area contributed by atoms with Crippen LogP contribution in [0.15, 0.2) is 42.5 Å². The van der Waals surface area contributed by atoms with Crippen LogP contribution in [0.2, 0.25) is 0 Å². The molecule has 2 N–H and O–H groups in total. The Bertz CT molecular complexity index is 918. The summed E-state index contributed by atoms with van der Waals surface area (Å²) < 4.78 is 0. The van der Waals surface area contributed by atoms with Gasteiger partial charge in [0.2, 0.25) is 0 Å². The highest BCUT2D eigenvalue weighted by molar-refractivity contribution is 6.01. The predicted molar refractivity (Wildman–Crippen MR) is 98.7 cm³/mol. The molecule has 0 atom stereocenters. The molecule has 0 unspecified atom stereocenters. The Morgan fingerprint density at radius 3 is 2.83 bits per heavy atom. The molecule has 1 aromatic heterocycles. The second kappa shape index (κ2) is 5.80. The number of pyridine rings is 1. The topological polar surface area (TPSA) is 48.4 Å². The molecule has 1 heterocycles. The van der Waals surface area contributed by atoms with E-state index in [9.17, 15) is 5.11 Å². The van der Waals surface area contributed by atoms with Gasteiger partial charge in [-0.25, -0.2) is 4.98 Å². The van der Waals surface area contributed by atoms with Crippen molar-refractivity contribution in [1.29, 1.82) is 0 Å². The number of benzene rings is 2. The van der Waals surface area contributed by atoms with Crippen molar-refractivity contribution in [1.82, 2.24) is 9.88 Å². The molecule has 2 aromatic carbocycles. The molecule has 3 aromatic rings. The van der Waals surface area contributed by atoms with Gasteiger partial charge in [0.05, 0.1) is 5.52 Å². The molecule has 4 rings (SSSR count). The van der Waals surface area contributed by atoms with E-state index in [2.05, 4.69) is 48.6 Å². The van der Waals surface area contributed by atoms with Gasteiger partial charge in [0.1, 0.15) is 11.6 Å². The van der Waals surface area contributed by atoms with Crippen molar-refractivity contribution in [2.45, 2.75) is 6.42 Å². The number of phenols is 1. The van der Waals surface area contributed by atoms with Crippen molar-refractivity contribution in [2.24, 2.45) is 0 Å². The zero-order valence-electron chi connectivity index (χ0n) is 14.0. The Morgan fingerprint density at radius 1 is 1.17 bits per heavy atom. The van der Waals surface area contributed by atoms with Crippen LogP contribution in [-0.2, 0) is 6.42 Å². The van der Waals surface area contributed by atoms with Gasteiger partial charge < -0.3 is 15.3 Å². The Labute approximate surface area is 141 Å². The molecule has 0 amide bonds. The van der Waals surface area contributed by atoms with Gasteiger partial charge in [-0.05, 0) is 42.9 Å². The number of hydrogen-bond acceptors (Lipinski definition) is 4. The summed E-state index contributed by atoms with van der Waals surface area (Å²) in [6.45, 7) is 1.79. The molecule has 0 fully saturated rings. The molecule has 4 heteroatoms. The Morgan fingerprint density at radius 2 is 2.00 bits per heavy atom. The average molecular weight is 319 g/mol. The summed E-state index contributed by atoms with van der Waals surface area (Å²) in [6, 6.07) is 14.0. The molecule has 0 spiro atoms. The molecule has 4 nitrogen and oxygen atoms in total. The average Bonchev–Trinajstić information content (AvgIpc) is 2.94. The van der Waals surface area contributed by atoms with Gasteiger partial charge in [0.25, 0.3) is 0 Å². The van der Waals surface area contributed by atoms with Crippen molar-refractivity contribution in [3.8, 4) is 16.9 Å². The van der Waals surface area contributed by atoms with Crippen molar-refractivity contribution in [3.05, 3.63) is 53.6 Å².